The first-order chi connectivity index (χ1) is 1.73. The predicted octanol–water partition coefficient (Wildman–Crippen LogP) is 1.45. The Morgan fingerprint density at radius 2 is 1.40 bits per heavy atom. The van der Waals surface area contributed by atoms with E-state index in [1.165, 1.54) is 0 Å². The van der Waals surface area contributed by atoms with Gasteiger partial charge in [-0.1, -0.05) is 36.4 Å². The molecule has 0 aliphatic carbocycles. The molecule has 0 aliphatic heterocycles. The van der Waals surface area contributed by atoms with Crippen LogP contribution in [0.3, 0.4) is 0 Å². The lowest BCUT2D eigenvalue weighted by Gasteiger charge is -1.76. The van der Waals surface area contributed by atoms with Crippen molar-refractivity contribution in [3.8, 4) is 0 Å². The lowest BCUT2D eigenvalue weighted by atomic mass is 10.6. The van der Waals surface area contributed by atoms with Crippen molar-refractivity contribution >= 4 is 45.6 Å². The van der Waals surface area contributed by atoms with Crippen molar-refractivity contribution in [3.63, 3.8) is 0 Å². The Balaban J connectivity index is 0. The van der Waals surface area contributed by atoms with Crippen molar-refractivity contribution < 1.29 is 0 Å². The molecule has 0 fully saturated rings. The van der Waals surface area contributed by atoms with Gasteiger partial charge in [-0.25, -0.2) is 0 Å². The standard InChI is InChI=1S/C3H7I.Mg/c1-3(2)4;/h3H,1-2H3;. The smallest absolute Gasteiger partial charge is 0.00530 e. The fraction of sp³-hybridized carbons (Fsp3) is 1.00. The molecule has 0 amide bonds. The Labute approximate surface area is 63.0 Å². The van der Waals surface area contributed by atoms with Crippen LogP contribution in [0.5, 0.6) is 0 Å². The largest absolute Gasteiger partial charge is 0.0832 e. The fourth-order valence-electron chi connectivity index (χ4n) is 0. The number of alkyl halides is 1. The molecule has 0 nitrogen and oxygen atoms in total. The molecule has 0 N–H and O–H groups in total. The molecule has 0 unspecified atom stereocenters. The summed E-state index contributed by atoms with van der Waals surface area (Å²) < 4.78 is 0.803. The summed E-state index contributed by atoms with van der Waals surface area (Å²) in [4.78, 5) is 0. The number of halogens is 1. The van der Waals surface area contributed by atoms with E-state index in [0.29, 0.717) is 0 Å². The second-order valence-corrected chi connectivity index (χ2v) is 3.51. The molecule has 0 aliphatic rings. The van der Waals surface area contributed by atoms with Crippen LogP contribution in [0.15, 0.2) is 0 Å². The average Bonchev–Trinajstić information content (AvgIpc) is 0.811. The lowest BCUT2D eigenvalue weighted by Crippen LogP contribution is -1.69. The van der Waals surface area contributed by atoms with E-state index in [-0.39, 0.29) is 23.1 Å². The molecule has 0 saturated carbocycles. The minimum absolute atomic E-state index is 0. The second-order valence-electron chi connectivity index (χ2n) is 1.01. The highest BCUT2D eigenvalue weighted by molar-refractivity contribution is 14.1. The summed E-state index contributed by atoms with van der Waals surface area (Å²) in [6.45, 7) is 4.31. The van der Waals surface area contributed by atoms with Gasteiger partial charge in [0.15, 0.2) is 0 Å². The molecule has 0 aromatic carbocycles. The Hall–Kier alpha value is 1.50. The molecular formula is C3H7IMg. The summed E-state index contributed by atoms with van der Waals surface area (Å²) in [5, 5.41) is 0. The molecule has 0 spiro atoms. The van der Waals surface area contributed by atoms with Crippen LogP contribution < -0.4 is 0 Å². The Kier molecular flexibility index (Phi) is 10.7. The maximum absolute atomic E-state index is 2.34. The molecule has 0 heterocycles. The highest BCUT2D eigenvalue weighted by Crippen LogP contribution is 1.91. The Morgan fingerprint density at radius 3 is 1.40 bits per heavy atom. The van der Waals surface area contributed by atoms with Crippen LogP contribution in [-0.2, 0) is 0 Å². The third kappa shape index (κ3) is 30.0. The first-order valence-electron chi connectivity index (χ1n) is 1.37. The molecule has 0 aromatic rings. The molecule has 0 bridgehead atoms. The quantitative estimate of drug-likeness (QED) is 0.311. The zero-order valence-electron chi connectivity index (χ0n) is 3.66. The van der Waals surface area contributed by atoms with Gasteiger partial charge in [0.05, 0.1) is 0 Å². The SMILES string of the molecule is CC(C)I.[Mg]. The monoisotopic (exact) mass is 194 g/mol. The van der Waals surface area contributed by atoms with Gasteiger partial charge in [0.25, 0.3) is 0 Å². The van der Waals surface area contributed by atoms with Crippen LogP contribution in [0.25, 0.3) is 0 Å². The molecule has 0 rings (SSSR count). The molecule has 0 saturated heterocycles. The van der Waals surface area contributed by atoms with Crippen molar-refractivity contribution in [1.29, 1.82) is 0 Å². The van der Waals surface area contributed by atoms with Gasteiger partial charge in [0.2, 0.25) is 0 Å². The predicted molar refractivity (Wildman–Crippen MR) is 34.9 cm³/mol. The molecule has 0 aromatic heterocycles. The summed E-state index contributed by atoms with van der Waals surface area (Å²) in [6, 6.07) is 0. The summed E-state index contributed by atoms with van der Waals surface area (Å²) in [7, 11) is 0. The minimum atomic E-state index is 0. The van der Waals surface area contributed by atoms with Crippen molar-refractivity contribution in [1.82, 2.24) is 0 Å². The summed E-state index contributed by atoms with van der Waals surface area (Å²) in [5.74, 6) is 0. The van der Waals surface area contributed by atoms with Crippen LogP contribution >= 0.6 is 22.6 Å². The summed E-state index contributed by atoms with van der Waals surface area (Å²) in [5.41, 5.74) is 0. The molecule has 0 atom stereocenters. The summed E-state index contributed by atoms with van der Waals surface area (Å²) in [6.07, 6.45) is 0. The molecule has 5 heavy (non-hydrogen) atoms. The molecule has 2 radical (unpaired) electrons. The van der Waals surface area contributed by atoms with Gasteiger partial charge >= 0.3 is 0 Å². The lowest BCUT2D eigenvalue weighted by molar-refractivity contribution is 1.16. The van der Waals surface area contributed by atoms with Gasteiger partial charge in [-0.15, -0.1) is 0 Å². The van der Waals surface area contributed by atoms with E-state index >= 15 is 0 Å². The van der Waals surface area contributed by atoms with Crippen molar-refractivity contribution in [2.24, 2.45) is 0 Å². The zero-order chi connectivity index (χ0) is 3.58. The highest BCUT2D eigenvalue weighted by atomic mass is 127. The van der Waals surface area contributed by atoms with Crippen LogP contribution in [-0.4, -0.2) is 27.0 Å². The summed E-state index contributed by atoms with van der Waals surface area (Å²) >= 11 is 2.34. The Morgan fingerprint density at radius 1 is 1.40 bits per heavy atom. The van der Waals surface area contributed by atoms with Gasteiger partial charge in [0.1, 0.15) is 0 Å². The first-order valence-corrected chi connectivity index (χ1v) is 2.62. The molecule has 2 heteroatoms. The molecule has 28 valence electrons. The van der Waals surface area contributed by atoms with E-state index in [1.54, 1.807) is 0 Å². The van der Waals surface area contributed by atoms with Crippen LogP contribution in [0.4, 0.5) is 0 Å². The topological polar surface area (TPSA) is 0 Å². The van der Waals surface area contributed by atoms with E-state index < -0.39 is 0 Å². The van der Waals surface area contributed by atoms with E-state index in [1.807, 2.05) is 0 Å². The third-order valence-corrected chi connectivity index (χ3v) is 0. The van der Waals surface area contributed by atoms with Gasteiger partial charge in [-0.05, 0) is 0 Å². The van der Waals surface area contributed by atoms with Crippen molar-refractivity contribution in [3.05, 3.63) is 0 Å². The van der Waals surface area contributed by atoms with Crippen LogP contribution in [0.2, 0.25) is 0 Å². The normalized spacial score (nSPS) is 7.20. The van der Waals surface area contributed by atoms with Gasteiger partial charge in [0, 0.05) is 27.0 Å². The van der Waals surface area contributed by atoms with E-state index in [0.717, 1.165) is 3.92 Å². The number of hydrogen-bond donors (Lipinski definition) is 0. The highest BCUT2D eigenvalue weighted by Gasteiger charge is 1.70. The van der Waals surface area contributed by atoms with Gasteiger partial charge in [-0.2, -0.15) is 0 Å². The van der Waals surface area contributed by atoms with Gasteiger partial charge in [-0.3, -0.25) is 0 Å². The Bertz CT molecular complexity index is 11.6. The second kappa shape index (κ2) is 5.50. The first kappa shape index (κ1) is 9.71. The van der Waals surface area contributed by atoms with Crippen molar-refractivity contribution in [2.45, 2.75) is 17.8 Å². The van der Waals surface area contributed by atoms with Crippen LogP contribution in [0, 0.1) is 0 Å². The van der Waals surface area contributed by atoms with E-state index in [2.05, 4.69) is 36.4 Å². The maximum atomic E-state index is 2.34. The maximum Gasteiger partial charge on any atom is 0.00530 e. The van der Waals surface area contributed by atoms with E-state index in [9.17, 15) is 0 Å². The number of rotatable bonds is 0. The van der Waals surface area contributed by atoms with Gasteiger partial charge < -0.3 is 0 Å². The number of hydrogen-bond acceptors (Lipinski definition) is 0. The minimum Gasteiger partial charge on any atom is -0.0832 e. The fourth-order valence-corrected chi connectivity index (χ4v) is 0. The zero-order valence-corrected chi connectivity index (χ0v) is 7.23. The molecular weight excluding hydrogens is 187 g/mol. The van der Waals surface area contributed by atoms with E-state index in [4.69, 9.17) is 0 Å². The average molecular weight is 194 g/mol. The van der Waals surface area contributed by atoms with Crippen molar-refractivity contribution in [2.75, 3.05) is 0 Å². The van der Waals surface area contributed by atoms with Crippen LogP contribution in [0.1, 0.15) is 13.8 Å². The third-order valence-electron chi connectivity index (χ3n) is 0.